The quantitative estimate of drug-likeness (QED) is 0.700. The molecule has 0 bridgehead atoms. The van der Waals surface area contributed by atoms with Gasteiger partial charge in [-0.25, -0.2) is 5.32 Å². The predicted octanol–water partition coefficient (Wildman–Crippen LogP) is 1.12. The summed E-state index contributed by atoms with van der Waals surface area (Å²) >= 11 is 0. The molecule has 1 fully saturated rings. The zero-order valence-corrected chi connectivity index (χ0v) is 8.44. The standard InChI is InChI=1S/C11H15N2O/c1-14-11-4-2-3-10(9-11)13-7-5-12-6-8-13/h2-4,9H,5-8H2,1H3. The second-order valence-corrected chi connectivity index (χ2v) is 3.36. The van der Waals surface area contributed by atoms with Crippen LogP contribution in [-0.4, -0.2) is 33.3 Å². The highest BCUT2D eigenvalue weighted by Crippen LogP contribution is 2.20. The Hall–Kier alpha value is -1.22. The first kappa shape index (κ1) is 9.34. The summed E-state index contributed by atoms with van der Waals surface area (Å²) in [7, 11) is 1.70. The lowest BCUT2D eigenvalue weighted by molar-refractivity contribution is 0.414. The molecule has 1 heterocycles. The number of anilines is 1. The van der Waals surface area contributed by atoms with Crippen molar-refractivity contribution >= 4 is 5.69 Å². The molecule has 0 aromatic heterocycles. The van der Waals surface area contributed by atoms with Gasteiger partial charge in [-0.3, -0.25) is 0 Å². The Morgan fingerprint density at radius 3 is 2.79 bits per heavy atom. The van der Waals surface area contributed by atoms with Gasteiger partial charge in [0.2, 0.25) is 0 Å². The van der Waals surface area contributed by atoms with Gasteiger partial charge in [0, 0.05) is 37.9 Å². The third-order valence-electron chi connectivity index (χ3n) is 2.47. The van der Waals surface area contributed by atoms with Crippen LogP contribution in [0.2, 0.25) is 0 Å². The van der Waals surface area contributed by atoms with E-state index in [2.05, 4.69) is 22.3 Å². The Morgan fingerprint density at radius 2 is 2.07 bits per heavy atom. The van der Waals surface area contributed by atoms with Crippen LogP contribution in [-0.2, 0) is 0 Å². The largest absolute Gasteiger partial charge is 0.497 e. The lowest BCUT2D eigenvalue weighted by Gasteiger charge is -2.28. The van der Waals surface area contributed by atoms with Crippen molar-refractivity contribution < 1.29 is 4.74 Å². The summed E-state index contributed by atoms with van der Waals surface area (Å²) in [5, 5.41) is 4.32. The van der Waals surface area contributed by atoms with Crippen LogP contribution < -0.4 is 15.0 Å². The fourth-order valence-electron chi connectivity index (χ4n) is 1.67. The van der Waals surface area contributed by atoms with Gasteiger partial charge in [0.25, 0.3) is 0 Å². The number of ether oxygens (including phenoxy) is 1. The van der Waals surface area contributed by atoms with E-state index in [4.69, 9.17) is 4.74 Å². The van der Waals surface area contributed by atoms with Gasteiger partial charge in [0.05, 0.1) is 7.11 Å². The van der Waals surface area contributed by atoms with E-state index in [1.54, 1.807) is 7.11 Å². The van der Waals surface area contributed by atoms with Gasteiger partial charge in [-0.15, -0.1) is 0 Å². The number of hydrogen-bond donors (Lipinski definition) is 0. The monoisotopic (exact) mass is 191 g/mol. The fraction of sp³-hybridized carbons (Fsp3) is 0.455. The van der Waals surface area contributed by atoms with Crippen LogP contribution in [0, 0.1) is 0 Å². The summed E-state index contributed by atoms with van der Waals surface area (Å²) in [4.78, 5) is 2.34. The van der Waals surface area contributed by atoms with Crippen molar-refractivity contribution in [2.75, 3.05) is 38.2 Å². The third kappa shape index (κ3) is 1.99. The molecule has 0 atom stereocenters. The molecule has 0 spiro atoms. The van der Waals surface area contributed by atoms with E-state index in [1.165, 1.54) is 5.69 Å². The average molecular weight is 191 g/mol. The highest BCUT2D eigenvalue weighted by Gasteiger charge is 2.10. The van der Waals surface area contributed by atoms with Crippen LogP contribution in [0.25, 0.3) is 0 Å². The molecule has 0 amide bonds. The molecule has 0 saturated carbocycles. The molecule has 0 unspecified atom stereocenters. The number of hydrogen-bond acceptors (Lipinski definition) is 2. The number of rotatable bonds is 2. The maximum absolute atomic E-state index is 5.20. The molecule has 14 heavy (non-hydrogen) atoms. The molecule has 1 saturated heterocycles. The Labute approximate surface area is 84.7 Å². The second kappa shape index (κ2) is 4.33. The zero-order chi connectivity index (χ0) is 9.80. The number of benzene rings is 1. The maximum atomic E-state index is 5.20. The fourth-order valence-corrected chi connectivity index (χ4v) is 1.67. The van der Waals surface area contributed by atoms with Crippen molar-refractivity contribution in [1.82, 2.24) is 5.32 Å². The summed E-state index contributed by atoms with van der Waals surface area (Å²) in [5.74, 6) is 0.921. The molecular weight excluding hydrogens is 176 g/mol. The minimum Gasteiger partial charge on any atom is -0.497 e. The molecule has 1 aromatic carbocycles. The zero-order valence-electron chi connectivity index (χ0n) is 8.44. The lowest BCUT2D eigenvalue weighted by atomic mass is 10.2. The van der Waals surface area contributed by atoms with Gasteiger partial charge >= 0.3 is 0 Å². The van der Waals surface area contributed by atoms with Gasteiger partial charge in [-0.1, -0.05) is 6.07 Å². The molecule has 1 aliphatic heterocycles. The molecule has 0 N–H and O–H groups in total. The van der Waals surface area contributed by atoms with Crippen molar-refractivity contribution in [3.05, 3.63) is 24.3 Å². The van der Waals surface area contributed by atoms with E-state index >= 15 is 0 Å². The van der Waals surface area contributed by atoms with Gasteiger partial charge in [0.15, 0.2) is 0 Å². The van der Waals surface area contributed by atoms with Crippen molar-refractivity contribution in [2.45, 2.75) is 0 Å². The molecule has 1 radical (unpaired) electrons. The van der Waals surface area contributed by atoms with E-state index in [-0.39, 0.29) is 0 Å². The Morgan fingerprint density at radius 1 is 1.29 bits per heavy atom. The number of piperazine rings is 1. The molecule has 1 aliphatic rings. The predicted molar refractivity (Wildman–Crippen MR) is 57.1 cm³/mol. The summed E-state index contributed by atoms with van der Waals surface area (Å²) in [5.41, 5.74) is 1.24. The first-order chi connectivity index (χ1) is 6.90. The first-order valence-corrected chi connectivity index (χ1v) is 4.92. The van der Waals surface area contributed by atoms with Crippen LogP contribution in [0.15, 0.2) is 24.3 Å². The van der Waals surface area contributed by atoms with Crippen LogP contribution in [0.5, 0.6) is 5.75 Å². The van der Waals surface area contributed by atoms with Crippen LogP contribution in [0.1, 0.15) is 0 Å². The second-order valence-electron chi connectivity index (χ2n) is 3.36. The molecule has 3 heteroatoms. The van der Waals surface area contributed by atoms with Crippen molar-refractivity contribution in [1.29, 1.82) is 0 Å². The SMILES string of the molecule is COc1cccc(N2CC[N]CC2)c1. The maximum Gasteiger partial charge on any atom is 0.120 e. The third-order valence-corrected chi connectivity index (χ3v) is 2.47. The minimum absolute atomic E-state index is 0.921. The van der Waals surface area contributed by atoms with Crippen LogP contribution >= 0.6 is 0 Å². The first-order valence-electron chi connectivity index (χ1n) is 4.92. The summed E-state index contributed by atoms with van der Waals surface area (Å²) in [6, 6.07) is 8.19. The van der Waals surface area contributed by atoms with E-state index in [0.717, 1.165) is 31.9 Å². The van der Waals surface area contributed by atoms with Crippen molar-refractivity contribution in [3.63, 3.8) is 0 Å². The molecule has 3 nitrogen and oxygen atoms in total. The number of nitrogens with zero attached hydrogens (tertiary/aromatic N) is 2. The van der Waals surface area contributed by atoms with E-state index in [1.807, 2.05) is 12.1 Å². The molecular formula is C11H15N2O. The highest BCUT2D eigenvalue weighted by atomic mass is 16.5. The number of methoxy groups -OCH3 is 1. The molecule has 0 aliphatic carbocycles. The van der Waals surface area contributed by atoms with Gasteiger partial charge < -0.3 is 9.64 Å². The van der Waals surface area contributed by atoms with Crippen molar-refractivity contribution in [3.8, 4) is 5.75 Å². The molecule has 2 rings (SSSR count). The van der Waals surface area contributed by atoms with Gasteiger partial charge in [-0.05, 0) is 12.1 Å². The average Bonchev–Trinajstić information content (AvgIpc) is 2.30. The highest BCUT2D eigenvalue weighted by molar-refractivity contribution is 5.51. The minimum atomic E-state index is 0.921. The topological polar surface area (TPSA) is 26.6 Å². The summed E-state index contributed by atoms with van der Waals surface area (Å²) < 4.78 is 5.20. The van der Waals surface area contributed by atoms with E-state index in [0.29, 0.717) is 0 Å². The van der Waals surface area contributed by atoms with Crippen LogP contribution in [0.4, 0.5) is 5.69 Å². The van der Waals surface area contributed by atoms with E-state index in [9.17, 15) is 0 Å². The Balaban J connectivity index is 2.13. The van der Waals surface area contributed by atoms with E-state index < -0.39 is 0 Å². The molecule has 1 aromatic rings. The molecule has 75 valence electrons. The van der Waals surface area contributed by atoms with Gasteiger partial charge in [-0.2, -0.15) is 0 Å². The Kier molecular flexibility index (Phi) is 2.89. The van der Waals surface area contributed by atoms with Crippen molar-refractivity contribution in [2.24, 2.45) is 0 Å². The Bertz CT molecular complexity index is 295. The van der Waals surface area contributed by atoms with Crippen LogP contribution in [0.3, 0.4) is 0 Å². The smallest absolute Gasteiger partial charge is 0.120 e. The van der Waals surface area contributed by atoms with Gasteiger partial charge in [0.1, 0.15) is 5.75 Å². The normalized spacial score (nSPS) is 16.8. The lowest BCUT2D eigenvalue weighted by Crippen LogP contribution is -2.40. The summed E-state index contributed by atoms with van der Waals surface area (Å²) in [6.45, 7) is 3.93. The summed E-state index contributed by atoms with van der Waals surface area (Å²) in [6.07, 6.45) is 0.